The number of likely N-dealkylation sites (tertiary alicyclic amines) is 1. The Labute approximate surface area is 121 Å². The number of benzene rings is 1. The molecule has 0 saturated carbocycles. The molecule has 0 radical (unpaired) electrons. The molecule has 1 heterocycles. The van der Waals surface area contributed by atoms with Gasteiger partial charge < -0.3 is 4.90 Å². The summed E-state index contributed by atoms with van der Waals surface area (Å²) in [6, 6.07) is 8.89. The predicted octanol–water partition coefficient (Wildman–Crippen LogP) is 4.18. The number of fused-ring (bicyclic) bond motifs is 1. The van der Waals surface area contributed by atoms with Crippen LogP contribution in [0.1, 0.15) is 55.8 Å². The van der Waals surface area contributed by atoms with E-state index in [0.717, 1.165) is 31.4 Å². The fourth-order valence-corrected chi connectivity index (χ4v) is 3.77. The van der Waals surface area contributed by atoms with Crippen LogP contribution in [0.3, 0.4) is 0 Å². The molecule has 0 spiro atoms. The summed E-state index contributed by atoms with van der Waals surface area (Å²) in [6.45, 7) is 10.0. The second-order valence-corrected chi connectivity index (χ2v) is 6.95. The van der Waals surface area contributed by atoms with Crippen molar-refractivity contribution in [3.8, 4) is 6.07 Å². The second-order valence-electron chi connectivity index (χ2n) is 6.95. The number of rotatable bonds is 1. The molecular weight excluding hydrogens is 244 g/mol. The van der Waals surface area contributed by atoms with Crippen LogP contribution < -0.4 is 0 Å². The average Bonchev–Trinajstić information content (AvgIpc) is 2.82. The molecule has 1 aliphatic heterocycles. The number of nitrogens with zero attached hydrogens (tertiary/aromatic N) is 2. The van der Waals surface area contributed by atoms with Crippen molar-refractivity contribution in [3.63, 3.8) is 0 Å². The molecule has 1 aromatic carbocycles. The molecule has 3 rings (SSSR count). The maximum absolute atomic E-state index is 9.16. The molecule has 1 unspecified atom stereocenters. The van der Waals surface area contributed by atoms with Crippen LogP contribution in [0.5, 0.6) is 0 Å². The number of hydrogen-bond acceptors (Lipinski definition) is 2. The zero-order valence-electron chi connectivity index (χ0n) is 12.4. The quantitative estimate of drug-likeness (QED) is 0.762. The lowest BCUT2D eigenvalue weighted by Gasteiger charge is -2.42. The third-order valence-corrected chi connectivity index (χ3v) is 4.70. The van der Waals surface area contributed by atoms with Crippen molar-refractivity contribution < 1.29 is 0 Å². The Balaban J connectivity index is 2.06. The highest BCUT2D eigenvalue weighted by molar-refractivity contribution is 5.42. The van der Waals surface area contributed by atoms with Gasteiger partial charge in [0.15, 0.2) is 0 Å². The van der Waals surface area contributed by atoms with Gasteiger partial charge in [-0.25, -0.2) is 0 Å². The van der Waals surface area contributed by atoms with Crippen molar-refractivity contribution in [1.29, 1.82) is 5.26 Å². The molecule has 0 N–H and O–H groups in total. The normalized spacial score (nSPS) is 24.4. The van der Waals surface area contributed by atoms with Crippen LogP contribution in [-0.2, 0) is 6.42 Å². The van der Waals surface area contributed by atoms with E-state index in [1.165, 1.54) is 23.2 Å². The summed E-state index contributed by atoms with van der Waals surface area (Å²) in [5, 5.41) is 9.16. The molecule has 1 aromatic rings. The summed E-state index contributed by atoms with van der Waals surface area (Å²) < 4.78 is 0. The minimum atomic E-state index is 0.314. The largest absolute Gasteiger partial charge is 0.368 e. The van der Waals surface area contributed by atoms with Gasteiger partial charge in [0.2, 0.25) is 0 Å². The molecule has 2 heteroatoms. The molecule has 2 aliphatic rings. The maximum atomic E-state index is 9.16. The first-order chi connectivity index (χ1) is 9.50. The third-order valence-electron chi connectivity index (χ3n) is 4.70. The van der Waals surface area contributed by atoms with Crippen molar-refractivity contribution in [2.24, 2.45) is 5.41 Å². The van der Waals surface area contributed by atoms with E-state index in [2.05, 4.69) is 43.5 Å². The Kier molecular flexibility index (Phi) is 3.09. The first-order valence-corrected chi connectivity index (χ1v) is 7.47. The molecule has 20 heavy (non-hydrogen) atoms. The van der Waals surface area contributed by atoms with Crippen LogP contribution in [0.2, 0.25) is 0 Å². The highest BCUT2D eigenvalue weighted by Crippen LogP contribution is 2.46. The summed E-state index contributed by atoms with van der Waals surface area (Å²) in [5.41, 5.74) is 5.12. The number of hydrogen-bond donors (Lipinski definition) is 0. The topological polar surface area (TPSA) is 27.0 Å². The minimum Gasteiger partial charge on any atom is -0.368 e. The lowest BCUT2D eigenvalue weighted by Crippen LogP contribution is -2.34. The van der Waals surface area contributed by atoms with E-state index in [0.29, 0.717) is 11.5 Å². The molecule has 104 valence electrons. The van der Waals surface area contributed by atoms with Gasteiger partial charge in [-0.3, -0.25) is 0 Å². The zero-order valence-corrected chi connectivity index (χ0v) is 12.4. The standard InChI is InChI=1S/C18H22N2/c1-13-5-4-8-20(13)17-11-18(2,3)10-15-7-6-14(12-19)9-16(15)17/h6-7,9,17H,1,4-5,8,10-11H2,2-3H3. The van der Waals surface area contributed by atoms with Gasteiger partial charge in [-0.15, -0.1) is 0 Å². The van der Waals surface area contributed by atoms with E-state index in [4.69, 9.17) is 5.26 Å². The van der Waals surface area contributed by atoms with Crippen LogP contribution in [-0.4, -0.2) is 11.4 Å². The Morgan fingerprint density at radius 2 is 2.20 bits per heavy atom. The lowest BCUT2D eigenvalue weighted by atomic mass is 9.71. The molecule has 0 amide bonds. The van der Waals surface area contributed by atoms with E-state index >= 15 is 0 Å². The first-order valence-electron chi connectivity index (χ1n) is 7.47. The fourth-order valence-electron chi connectivity index (χ4n) is 3.77. The van der Waals surface area contributed by atoms with E-state index < -0.39 is 0 Å². The van der Waals surface area contributed by atoms with Crippen molar-refractivity contribution in [1.82, 2.24) is 4.90 Å². The van der Waals surface area contributed by atoms with Crippen LogP contribution in [0.4, 0.5) is 0 Å². The molecular formula is C18H22N2. The fraction of sp³-hybridized carbons (Fsp3) is 0.500. The number of allylic oxidation sites excluding steroid dienone is 1. The third kappa shape index (κ3) is 2.22. The smallest absolute Gasteiger partial charge is 0.0991 e. The van der Waals surface area contributed by atoms with Gasteiger partial charge in [0.05, 0.1) is 17.7 Å². The van der Waals surface area contributed by atoms with Gasteiger partial charge in [0, 0.05) is 12.2 Å². The molecule has 0 aromatic heterocycles. The van der Waals surface area contributed by atoms with Crippen molar-refractivity contribution in [2.75, 3.05) is 6.54 Å². The molecule has 1 fully saturated rings. The van der Waals surface area contributed by atoms with Gasteiger partial charge >= 0.3 is 0 Å². The van der Waals surface area contributed by atoms with Crippen LogP contribution in [0, 0.1) is 16.7 Å². The van der Waals surface area contributed by atoms with Crippen LogP contribution in [0.15, 0.2) is 30.5 Å². The van der Waals surface area contributed by atoms with Gasteiger partial charge in [-0.05, 0) is 54.4 Å². The Morgan fingerprint density at radius 1 is 1.40 bits per heavy atom. The molecule has 0 bridgehead atoms. The summed E-state index contributed by atoms with van der Waals surface area (Å²) in [5.74, 6) is 0. The average molecular weight is 266 g/mol. The zero-order chi connectivity index (χ0) is 14.3. The van der Waals surface area contributed by atoms with Gasteiger partial charge in [0.25, 0.3) is 0 Å². The number of nitriles is 1. The Morgan fingerprint density at radius 3 is 2.85 bits per heavy atom. The van der Waals surface area contributed by atoms with Crippen LogP contribution >= 0.6 is 0 Å². The minimum absolute atomic E-state index is 0.314. The molecule has 2 nitrogen and oxygen atoms in total. The van der Waals surface area contributed by atoms with E-state index in [1.807, 2.05) is 6.07 Å². The predicted molar refractivity (Wildman–Crippen MR) is 81.1 cm³/mol. The highest BCUT2D eigenvalue weighted by Gasteiger charge is 2.36. The van der Waals surface area contributed by atoms with E-state index in [9.17, 15) is 0 Å². The Hall–Kier alpha value is -1.75. The van der Waals surface area contributed by atoms with Crippen molar-refractivity contribution in [3.05, 3.63) is 47.2 Å². The van der Waals surface area contributed by atoms with Crippen LogP contribution in [0.25, 0.3) is 0 Å². The first kappa shape index (κ1) is 13.2. The molecule has 1 atom stereocenters. The summed E-state index contributed by atoms with van der Waals surface area (Å²) >= 11 is 0. The SMILES string of the molecule is C=C1CCCN1C1CC(C)(C)Cc2ccc(C#N)cc21. The van der Waals surface area contributed by atoms with Crippen molar-refractivity contribution in [2.45, 2.75) is 45.6 Å². The summed E-state index contributed by atoms with van der Waals surface area (Å²) in [7, 11) is 0. The van der Waals surface area contributed by atoms with Gasteiger partial charge in [-0.2, -0.15) is 5.26 Å². The van der Waals surface area contributed by atoms with E-state index in [-0.39, 0.29) is 0 Å². The van der Waals surface area contributed by atoms with E-state index in [1.54, 1.807) is 0 Å². The molecule has 1 saturated heterocycles. The molecule has 1 aliphatic carbocycles. The maximum Gasteiger partial charge on any atom is 0.0991 e. The second kappa shape index (κ2) is 4.66. The highest BCUT2D eigenvalue weighted by atomic mass is 15.2. The Bertz CT molecular complexity index is 592. The summed E-state index contributed by atoms with van der Waals surface area (Å²) in [4.78, 5) is 2.47. The summed E-state index contributed by atoms with van der Waals surface area (Å²) in [6.07, 6.45) is 4.58. The van der Waals surface area contributed by atoms with Gasteiger partial charge in [-0.1, -0.05) is 26.5 Å². The van der Waals surface area contributed by atoms with Crippen molar-refractivity contribution >= 4 is 0 Å². The van der Waals surface area contributed by atoms with Gasteiger partial charge in [0.1, 0.15) is 0 Å². The monoisotopic (exact) mass is 266 g/mol. The lowest BCUT2D eigenvalue weighted by molar-refractivity contribution is 0.175.